The Bertz CT molecular complexity index is 730. The Balaban J connectivity index is 1.66. The molecule has 0 amide bonds. The maximum Gasteiger partial charge on any atom is 0.0122 e. The molecule has 0 fully saturated rings. The van der Waals surface area contributed by atoms with Gasteiger partial charge in [-0.15, -0.1) is 11.3 Å². The second kappa shape index (κ2) is 6.94. The van der Waals surface area contributed by atoms with E-state index in [4.69, 9.17) is 0 Å². The van der Waals surface area contributed by atoms with Crippen LogP contribution in [0, 0.1) is 0 Å². The molecule has 0 aliphatic carbocycles. The minimum atomic E-state index is 0.215. The molecule has 23 heavy (non-hydrogen) atoms. The van der Waals surface area contributed by atoms with E-state index in [9.17, 15) is 0 Å². The molecule has 118 valence electrons. The van der Waals surface area contributed by atoms with Gasteiger partial charge in [-0.3, -0.25) is 0 Å². The van der Waals surface area contributed by atoms with Gasteiger partial charge in [0.15, 0.2) is 0 Å². The fourth-order valence-electron chi connectivity index (χ4n) is 2.45. The van der Waals surface area contributed by atoms with Crippen molar-refractivity contribution < 1.29 is 0 Å². The number of benzene rings is 2. The van der Waals surface area contributed by atoms with Gasteiger partial charge in [0.05, 0.1) is 0 Å². The van der Waals surface area contributed by atoms with Crippen LogP contribution < -0.4 is 0 Å². The Morgan fingerprint density at radius 2 is 1.43 bits per heavy atom. The van der Waals surface area contributed by atoms with Gasteiger partial charge in [0.1, 0.15) is 0 Å². The summed E-state index contributed by atoms with van der Waals surface area (Å²) in [5, 5.41) is 2.14. The van der Waals surface area contributed by atoms with Crippen LogP contribution in [0.15, 0.2) is 75.8 Å². The molecular formula is C21H22S2. The van der Waals surface area contributed by atoms with Crippen LogP contribution in [0.1, 0.15) is 36.8 Å². The molecule has 0 spiro atoms. The zero-order chi connectivity index (χ0) is 16.3. The summed E-state index contributed by atoms with van der Waals surface area (Å²) < 4.78 is 0. The standard InChI is InChI=1S/C21H22S2/c1-21(2,3)17-8-12-19(13-9-17)23-18-10-6-16(7-11-18)15-20-5-4-14-22-20/h4-14H,15H2,1-3H3. The molecule has 0 unspecified atom stereocenters. The molecule has 0 aliphatic heterocycles. The molecule has 1 heterocycles. The third kappa shape index (κ3) is 4.49. The highest BCUT2D eigenvalue weighted by molar-refractivity contribution is 7.99. The predicted octanol–water partition coefficient (Wildman–Crippen LogP) is 6.79. The van der Waals surface area contributed by atoms with Crippen LogP contribution >= 0.6 is 23.1 Å². The monoisotopic (exact) mass is 338 g/mol. The zero-order valence-corrected chi connectivity index (χ0v) is 15.5. The maximum atomic E-state index is 2.25. The predicted molar refractivity (Wildman–Crippen MR) is 103 cm³/mol. The topological polar surface area (TPSA) is 0 Å². The highest BCUT2D eigenvalue weighted by Crippen LogP contribution is 2.30. The van der Waals surface area contributed by atoms with Crippen LogP contribution in [0.2, 0.25) is 0 Å². The fourth-order valence-corrected chi connectivity index (χ4v) is 4.00. The molecule has 0 bridgehead atoms. The van der Waals surface area contributed by atoms with Crippen molar-refractivity contribution in [2.45, 2.75) is 42.4 Å². The first kappa shape index (κ1) is 16.4. The third-order valence-electron chi connectivity index (χ3n) is 3.84. The van der Waals surface area contributed by atoms with Crippen LogP contribution in [0.5, 0.6) is 0 Å². The van der Waals surface area contributed by atoms with E-state index in [1.54, 1.807) is 0 Å². The summed E-state index contributed by atoms with van der Waals surface area (Å²) in [6, 6.07) is 22.2. The summed E-state index contributed by atoms with van der Waals surface area (Å²) in [4.78, 5) is 4.01. The largest absolute Gasteiger partial charge is 0.149 e. The molecule has 0 saturated carbocycles. The van der Waals surface area contributed by atoms with E-state index in [-0.39, 0.29) is 5.41 Å². The molecule has 0 N–H and O–H groups in total. The van der Waals surface area contributed by atoms with Crippen molar-refractivity contribution in [3.63, 3.8) is 0 Å². The molecule has 2 heteroatoms. The van der Waals surface area contributed by atoms with Crippen LogP contribution in [-0.2, 0) is 11.8 Å². The second-order valence-electron chi connectivity index (χ2n) is 6.78. The maximum absolute atomic E-state index is 2.25. The lowest BCUT2D eigenvalue weighted by Crippen LogP contribution is -2.10. The van der Waals surface area contributed by atoms with Gasteiger partial charge < -0.3 is 0 Å². The molecule has 1 aromatic heterocycles. The Morgan fingerprint density at radius 1 is 0.826 bits per heavy atom. The summed E-state index contributed by atoms with van der Waals surface area (Å²) in [7, 11) is 0. The molecule has 0 radical (unpaired) electrons. The first-order valence-electron chi connectivity index (χ1n) is 7.90. The fraction of sp³-hybridized carbons (Fsp3) is 0.238. The van der Waals surface area contributed by atoms with E-state index in [1.807, 2.05) is 23.1 Å². The highest BCUT2D eigenvalue weighted by Gasteiger charge is 2.12. The Labute approximate surface area is 147 Å². The molecule has 3 rings (SSSR count). The van der Waals surface area contributed by atoms with Crippen molar-refractivity contribution >= 4 is 23.1 Å². The normalized spacial score (nSPS) is 11.6. The zero-order valence-electron chi connectivity index (χ0n) is 13.9. The van der Waals surface area contributed by atoms with Crippen molar-refractivity contribution in [3.8, 4) is 0 Å². The minimum Gasteiger partial charge on any atom is -0.149 e. The number of hydrogen-bond donors (Lipinski definition) is 0. The quantitative estimate of drug-likeness (QED) is 0.505. The summed E-state index contributed by atoms with van der Waals surface area (Å²) in [5.41, 5.74) is 2.97. The third-order valence-corrected chi connectivity index (χ3v) is 5.73. The smallest absolute Gasteiger partial charge is 0.0122 e. The number of hydrogen-bond acceptors (Lipinski definition) is 2. The summed E-state index contributed by atoms with van der Waals surface area (Å²) in [6.45, 7) is 6.75. The summed E-state index contributed by atoms with van der Waals surface area (Å²) >= 11 is 3.65. The van der Waals surface area contributed by atoms with E-state index in [0.29, 0.717) is 0 Å². The molecular weight excluding hydrogens is 316 g/mol. The average Bonchev–Trinajstić information content (AvgIpc) is 3.02. The lowest BCUT2D eigenvalue weighted by atomic mass is 9.87. The number of thiophene rings is 1. The van der Waals surface area contributed by atoms with Crippen molar-refractivity contribution in [3.05, 3.63) is 82.0 Å². The Kier molecular flexibility index (Phi) is 4.93. The minimum absolute atomic E-state index is 0.215. The Morgan fingerprint density at radius 3 is 1.96 bits per heavy atom. The summed E-state index contributed by atoms with van der Waals surface area (Å²) in [5.74, 6) is 0. The van der Waals surface area contributed by atoms with Crippen molar-refractivity contribution in [1.29, 1.82) is 0 Å². The van der Waals surface area contributed by atoms with Gasteiger partial charge in [0.2, 0.25) is 0 Å². The van der Waals surface area contributed by atoms with E-state index in [1.165, 1.54) is 25.8 Å². The SMILES string of the molecule is CC(C)(C)c1ccc(Sc2ccc(Cc3cccs3)cc2)cc1. The van der Waals surface area contributed by atoms with Crippen molar-refractivity contribution in [2.75, 3.05) is 0 Å². The average molecular weight is 339 g/mol. The molecule has 0 atom stereocenters. The van der Waals surface area contributed by atoms with Crippen LogP contribution in [0.25, 0.3) is 0 Å². The molecule has 3 aromatic rings. The van der Waals surface area contributed by atoms with Crippen LogP contribution in [0.4, 0.5) is 0 Å². The van der Waals surface area contributed by atoms with E-state index < -0.39 is 0 Å². The van der Waals surface area contributed by atoms with Gasteiger partial charge in [-0.05, 0) is 52.3 Å². The van der Waals surface area contributed by atoms with Crippen molar-refractivity contribution in [1.82, 2.24) is 0 Å². The molecule has 0 saturated heterocycles. The second-order valence-corrected chi connectivity index (χ2v) is 8.96. The lowest BCUT2D eigenvalue weighted by Gasteiger charge is -2.19. The number of rotatable bonds is 4. The van der Waals surface area contributed by atoms with E-state index in [2.05, 4.69) is 86.8 Å². The highest BCUT2D eigenvalue weighted by atomic mass is 32.2. The van der Waals surface area contributed by atoms with Gasteiger partial charge in [0, 0.05) is 21.1 Å². The van der Waals surface area contributed by atoms with Gasteiger partial charge >= 0.3 is 0 Å². The van der Waals surface area contributed by atoms with Gasteiger partial charge in [-0.25, -0.2) is 0 Å². The Hall–Kier alpha value is -1.51. The molecule has 2 aromatic carbocycles. The first-order chi connectivity index (χ1) is 11.0. The van der Waals surface area contributed by atoms with Crippen LogP contribution in [0.3, 0.4) is 0 Å². The summed E-state index contributed by atoms with van der Waals surface area (Å²) in [6.07, 6.45) is 1.03. The first-order valence-corrected chi connectivity index (χ1v) is 9.60. The molecule has 0 aliphatic rings. The van der Waals surface area contributed by atoms with Crippen LogP contribution in [-0.4, -0.2) is 0 Å². The van der Waals surface area contributed by atoms with E-state index in [0.717, 1.165) is 6.42 Å². The van der Waals surface area contributed by atoms with Gasteiger partial charge in [0.25, 0.3) is 0 Å². The van der Waals surface area contributed by atoms with Gasteiger partial charge in [-0.2, -0.15) is 0 Å². The van der Waals surface area contributed by atoms with E-state index >= 15 is 0 Å². The molecule has 0 nitrogen and oxygen atoms in total. The lowest BCUT2D eigenvalue weighted by molar-refractivity contribution is 0.590. The van der Waals surface area contributed by atoms with Gasteiger partial charge in [-0.1, -0.05) is 62.9 Å². The van der Waals surface area contributed by atoms with Crippen molar-refractivity contribution in [2.24, 2.45) is 0 Å².